The summed E-state index contributed by atoms with van der Waals surface area (Å²) in [7, 11) is 0. The minimum Gasteiger partial charge on any atom is -0.340 e. The smallest absolute Gasteiger partial charge is 0.225 e. The summed E-state index contributed by atoms with van der Waals surface area (Å²) in [6, 6.07) is 8.77. The standard InChI is InChI=1S/C19H26N4OS/c1-14-12-15(6-7-20-14)19(24)23-10-8-22(9-11-23)13-18-21-16-4-2-3-5-17(16)25-18/h2-5,14-15,20H,6-13H2,1H3/t14-,15-/m0/s1. The summed E-state index contributed by atoms with van der Waals surface area (Å²) >= 11 is 1.78. The van der Waals surface area contributed by atoms with Gasteiger partial charge in [0, 0.05) is 38.1 Å². The van der Waals surface area contributed by atoms with Gasteiger partial charge in [-0.3, -0.25) is 9.69 Å². The Labute approximate surface area is 153 Å². The van der Waals surface area contributed by atoms with E-state index in [9.17, 15) is 4.79 Å². The van der Waals surface area contributed by atoms with Gasteiger partial charge in [0.05, 0.1) is 16.8 Å². The van der Waals surface area contributed by atoms with Crippen molar-refractivity contribution in [2.24, 2.45) is 5.92 Å². The molecule has 2 saturated heterocycles. The molecule has 0 spiro atoms. The Morgan fingerprint density at radius 1 is 1.28 bits per heavy atom. The van der Waals surface area contributed by atoms with Gasteiger partial charge in [-0.1, -0.05) is 12.1 Å². The minimum absolute atomic E-state index is 0.215. The van der Waals surface area contributed by atoms with E-state index in [1.807, 2.05) is 6.07 Å². The van der Waals surface area contributed by atoms with Crippen molar-refractivity contribution in [1.29, 1.82) is 0 Å². The molecular formula is C19H26N4OS. The van der Waals surface area contributed by atoms with E-state index < -0.39 is 0 Å². The number of rotatable bonds is 3. The van der Waals surface area contributed by atoms with Crippen molar-refractivity contribution in [3.63, 3.8) is 0 Å². The normalized spacial score (nSPS) is 25.4. The van der Waals surface area contributed by atoms with Crippen LogP contribution in [0.2, 0.25) is 0 Å². The van der Waals surface area contributed by atoms with Crippen LogP contribution in [0.5, 0.6) is 0 Å². The number of hydrogen-bond donors (Lipinski definition) is 1. The molecule has 5 nitrogen and oxygen atoms in total. The molecule has 2 fully saturated rings. The molecule has 2 aliphatic rings. The molecule has 2 atom stereocenters. The Bertz CT molecular complexity index is 705. The summed E-state index contributed by atoms with van der Waals surface area (Å²) < 4.78 is 1.26. The van der Waals surface area contributed by atoms with Crippen LogP contribution in [0.4, 0.5) is 0 Å². The van der Waals surface area contributed by atoms with E-state index in [-0.39, 0.29) is 5.92 Å². The van der Waals surface area contributed by atoms with Gasteiger partial charge in [0.25, 0.3) is 0 Å². The second-order valence-electron chi connectivity index (χ2n) is 7.25. The number of piperidine rings is 1. The van der Waals surface area contributed by atoms with E-state index in [2.05, 4.69) is 40.2 Å². The van der Waals surface area contributed by atoms with Gasteiger partial charge in [-0.05, 0) is 38.4 Å². The Morgan fingerprint density at radius 2 is 2.08 bits per heavy atom. The molecule has 0 aliphatic carbocycles. The average Bonchev–Trinajstić information content (AvgIpc) is 3.04. The van der Waals surface area contributed by atoms with Gasteiger partial charge in [-0.2, -0.15) is 0 Å². The zero-order chi connectivity index (χ0) is 17.2. The van der Waals surface area contributed by atoms with Gasteiger partial charge in [0.1, 0.15) is 5.01 Å². The molecule has 0 bridgehead atoms. The van der Waals surface area contributed by atoms with E-state index in [0.717, 1.165) is 57.6 Å². The molecule has 25 heavy (non-hydrogen) atoms. The molecule has 0 saturated carbocycles. The van der Waals surface area contributed by atoms with Gasteiger partial charge in [-0.25, -0.2) is 4.98 Å². The molecule has 2 aliphatic heterocycles. The summed E-state index contributed by atoms with van der Waals surface area (Å²) in [5.74, 6) is 0.583. The number of para-hydroxylation sites is 1. The zero-order valence-corrected chi connectivity index (χ0v) is 15.6. The Hall–Kier alpha value is -1.50. The fraction of sp³-hybridized carbons (Fsp3) is 0.579. The van der Waals surface area contributed by atoms with Gasteiger partial charge in [0.2, 0.25) is 5.91 Å². The molecule has 6 heteroatoms. The fourth-order valence-electron chi connectivity index (χ4n) is 3.92. The summed E-state index contributed by atoms with van der Waals surface area (Å²) in [6.45, 7) is 7.63. The van der Waals surface area contributed by atoms with Crippen LogP contribution in [0.25, 0.3) is 10.2 Å². The van der Waals surface area contributed by atoms with Crippen molar-refractivity contribution < 1.29 is 4.79 Å². The number of thiazole rings is 1. The molecule has 1 N–H and O–H groups in total. The van der Waals surface area contributed by atoms with E-state index >= 15 is 0 Å². The molecule has 2 aromatic rings. The highest BCUT2D eigenvalue weighted by Gasteiger charge is 2.30. The predicted octanol–water partition coefficient (Wildman–Crippen LogP) is 2.33. The van der Waals surface area contributed by atoms with Gasteiger partial charge in [-0.15, -0.1) is 11.3 Å². The summed E-state index contributed by atoms with van der Waals surface area (Å²) in [5, 5.41) is 4.60. The molecule has 3 heterocycles. The number of benzene rings is 1. The lowest BCUT2D eigenvalue weighted by molar-refractivity contribution is -0.138. The van der Waals surface area contributed by atoms with Crippen LogP contribution in [0, 0.1) is 5.92 Å². The number of carbonyl (C=O) groups is 1. The molecule has 134 valence electrons. The molecule has 1 aromatic carbocycles. The van der Waals surface area contributed by atoms with Gasteiger partial charge < -0.3 is 10.2 Å². The first-order valence-corrected chi connectivity index (χ1v) is 10.1. The zero-order valence-electron chi connectivity index (χ0n) is 14.8. The maximum Gasteiger partial charge on any atom is 0.225 e. The number of aromatic nitrogens is 1. The third kappa shape index (κ3) is 3.86. The minimum atomic E-state index is 0.215. The highest BCUT2D eigenvalue weighted by atomic mass is 32.1. The van der Waals surface area contributed by atoms with Crippen molar-refractivity contribution in [3.8, 4) is 0 Å². The van der Waals surface area contributed by atoms with Crippen molar-refractivity contribution >= 4 is 27.5 Å². The first-order chi connectivity index (χ1) is 12.2. The molecule has 4 rings (SSSR count). The molecule has 0 unspecified atom stereocenters. The number of fused-ring (bicyclic) bond motifs is 1. The molecule has 1 amide bonds. The lowest BCUT2D eigenvalue weighted by Crippen LogP contribution is -2.51. The third-order valence-electron chi connectivity index (χ3n) is 5.35. The quantitative estimate of drug-likeness (QED) is 0.915. The summed E-state index contributed by atoms with van der Waals surface area (Å²) in [4.78, 5) is 22.0. The van der Waals surface area contributed by atoms with Gasteiger partial charge in [0.15, 0.2) is 0 Å². The summed E-state index contributed by atoms with van der Waals surface area (Å²) in [5.41, 5.74) is 1.09. The SMILES string of the molecule is C[C@H]1C[C@@H](C(=O)N2CCN(Cc3nc4ccccc4s3)CC2)CCN1. The van der Waals surface area contributed by atoms with Crippen molar-refractivity contribution in [3.05, 3.63) is 29.3 Å². The van der Waals surface area contributed by atoms with Crippen molar-refractivity contribution in [2.45, 2.75) is 32.4 Å². The average molecular weight is 359 g/mol. The van der Waals surface area contributed by atoms with Crippen LogP contribution in [0.15, 0.2) is 24.3 Å². The van der Waals surface area contributed by atoms with Crippen LogP contribution in [-0.4, -0.2) is 59.5 Å². The fourth-order valence-corrected chi connectivity index (χ4v) is 4.93. The van der Waals surface area contributed by atoms with E-state index in [4.69, 9.17) is 4.98 Å². The van der Waals surface area contributed by atoms with Crippen LogP contribution in [0.3, 0.4) is 0 Å². The second kappa shape index (κ2) is 7.40. The highest BCUT2D eigenvalue weighted by Crippen LogP contribution is 2.24. The summed E-state index contributed by atoms with van der Waals surface area (Å²) in [6.07, 6.45) is 1.96. The number of hydrogen-bond acceptors (Lipinski definition) is 5. The Morgan fingerprint density at radius 3 is 2.84 bits per heavy atom. The molecule has 0 radical (unpaired) electrons. The topological polar surface area (TPSA) is 48.5 Å². The largest absolute Gasteiger partial charge is 0.340 e. The Kier molecular flexibility index (Phi) is 5.01. The van der Waals surface area contributed by atoms with Crippen LogP contribution >= 0.6 is 11.3 Å². The van der Waals surface area contributed by atoms with Crippen molar-refractivity contribution in [2.75, 3.05) is 32.7 Å². The number of nitrogens with one attached hydrogen (secondary N) is 1. The number of carbonyl (C=O) groups excluding carboxylic acids is 1. The van der Waals surface area contributed by atoms with Crippen molar-refractivity contribution in [1.82, 2.24) is 20.1 Å². The van der Waals surface area contributed by atoms with E-state index in [1.54, 1.807) is 11.3 Å². The van der Waals surface area contributed by atoms with Crippen LogP contribution in [-0.2, 0) is 11.3 Å². The van der Waals surface area contributed by atoms with E-state index in [1.165, 1.54) is 9.71 Å². The van der Waals surface area contributed by atoms with E-state index in [0.29, 0.717) is 11.9 Å². The van der Waals surface area contributed by atoms with Gasteiger partial charge >= 0.3 is 0 Å². The highest BCUT2D eigenvalue weighted by molar-refractivity contribution is 7.18. The first-order valence-electron chi connectivity index (χ1n) is 9.28. The number of piperazine rings is 1. The maximum atomic E-state index is 12.8. The lowest BCUT2D eigenvalue weighted by Gasteiger charge is -2.37. The Balaban J connectivity index is 1.31. The number of amides is 1. The number of nitrogens with zero attached hydrogens (tertiary/aromatic N) is 3. The predicted molar refractivity (Wildman–Crippen MR) is 102 cm³/mol. The van der Waals surface area contributed by atoms with Crippen LogP contribution in [0.1, 0.15) is 24.8 Å². The first kappa shape index (κ1) is 16.9. The third-order valence-corrected chi connectivity index (χ3v) is 6.38. The second-order valence-corrected chi connectivity index (χ2v) is 8.37. The molecule has 1 aromatic heterocycles. The monoisotopic (exact) mass is 358 g/mol. The lowest BCUT2D eigenvalue weighted by atomic mass is 9.92. The maximum absolute atomic E-state index is 12.8. The van der Waals surface area contributed by atoms with Crippen LogP contribution < -0.4 is 5.32 Å². The molecular weight excluding hydrogens is 332 g/mol.